The molecule has 0 aliphatic heterocycles. The summed E-state index contributed by atoms with van der Waals surface area (Å²) >= 11 is 0. The van der Waals surface area contributed by atoms with Gasteiger partial charge in [0.15, 0.2) is 0 Å². The summed E-state index contributed by atoms with van der Waals surface area (Å²) in [6.45, 7) is 1.89. The molecule has 0 unspecified atom stereocenters. The number of rotatable bonds is 2. The fourth-order valence-corrected chi connectivity index (χ4v) is 1.39. The molecule has 4 heteroatoms. The van der Waals surface area contributed by atoms with Crippen LogP contribution in [0.2, 0.25) is 0 Å². The quantitative estimate of drug-likeness (QED) is 0.857. The van der Waals surface area contributed by atoms with E-state index >= 15 is 0 Å². The lowest BCUT2D eigenvalue weighted by Crippen LogP contribution is -1.93. The minimum absolute atomic E-state index is 0.0394. The summed E-state index contributed by atoms with van der Waals surface area (Å²) in [7, 11) is 0. The third kappa shape index (κ3) is 2.58. The zero-order valence-electron chi connectivity index (χ0n) is 9.24. The van der Waals surface area contributed by atoms with E-state index < -0.39 is 5.82 Å². The lowest BCUT2D eigenvalue weighted by atomic mass is 10.2. The van der Waals surface area contributed by atoms with Gasteiger partial charge in [-0.15, -0.1) is 0 Å². The Hall–Kier alpha value is -2.41. The molecule has 0 radical (unpaired) electrons. The van der Waals surface area contributed by atoms with Gasteiger partial charge in [-0.25, -0.2) is 4.39 Å². The van der Waals surface area contributed by atoms with Crippen molar-refractivity contribution in [3.63, 3.8) is 0 Å². The van der Waals surface area contributed by atoms with E-state index in [4.69, 9.17) is 5.26 Å². The van der Waals surface area contributed by atoms with E-state index in [-0.39, 0.29) is 5.56 Å². The molecule has 0 atom stereocenters. The molecule has 0 saturated heterocycles. The number of nitrogens with zero attached hydrogens (tertiary/aromatic N) is 2. The lowest BCUT2D eigenvalue weighted by molar-refractivity contribution is 0.624. The summed E-state index contributed by atoms with van der Waals surface area (Å²) < 4.78 is 13.3. The Morgan fingerprint density at radius 2 is 2.00 bits per heavy atom. The summed E-state index contributed by atoms with van der Waals surface area (Å²) in [5.41, 5.74) is 2.33. The molecule has 0 fully saturated rings. The molecule has 3 nitrogen and oxygen atoms in total. The molecule has 1 aromatic carbocycles. The Morgan fingerprint density at radius 3 is 2.59 bits per heavy atom. The summed E-state index contributed by atoms with van der Waals surface area (Å²) in [6.07, 6.45) is 1.67. The van der Waals surface area contributed by atoms with Crippen LogP contribution in [-0.2, 0) is 0 Å². The number of nitrogens with one attached hydrogen (secondary N) is 1. The Balaban J connectivity index is 2.22. The minimum atomic E-state index is -0.530. The van der Waals surface area contributed by atoms with Crippen molar-refractivity contribution in [3.8, 4) is 6.07 Å². The van der Waals surface area contributed by atoms with E-state index in [2.05, 4.69) is 10.3 Å². The fourth-order valence-electron chi connectivity index (χ4n) is 1.39. The number of benzene rings is 1. The van der Waals surface area contributed by atoms with Gasteiger partial charge in [0.25, 0.3) is 0 Å². The van der Waals surface area contributed by atoms with Crippen molar-refractivity contribution in [2.75, 3.05) is 5.32 Å². The smallest absolute Gasteiger partial charge is 0.143 e. The predicted molar refractivity (Wildman–Crippen MR) is 63.4 cm³/mol. The van der Waals surface area contributed by atoms with E-state index in [9.17, 15) is 4.39 Å². The van der Waals surface area contributed by atoms with Crippen LogP contribution in [0.3, 0.4) is 0 Å². The normalized spacial score (nSPS) is 9.71. The first-order valence-electron chi connectivity index (χ1n) is 5.08. The van der Waals surface area contributed by atoms with Crippen LogP contribution in [0.5, 0.6) is 0 Å². The van der Waals surface area contributed by atoms with E-state index in [1.807, 2.05) is 19.1 Å². The van der Waals surface area contributed by atoms with Crippen LogP contribution in [0.15, 0.2) is 36.5 Å². The van der Waals surface area contributed by atoms with Crippen molar-refractivity contribution in [1.82, 2.24) is 4.98 Å². The molecule has 0 spiro atoms. The predicted octanol–water partition coefficient (Wildman–Crippen LogP) is 3.14. The van der Waals surface area contributed by atoms with Gasteiger partial charge in [0.2, 0.25) is 0 Å². The zero-order valence-corrected chi connectivity index (χ0v) is 9.24. The maximum absolute atomic E-state index is 13.3. The highest BCUT2D eigenvalue weighted by molar-refractivity contribution is 5.59. The second kappa shape index (κ2) is 4.62. The van der Waals surface area contributed by atoms with Gasteiger partial charge in [0.05, 0.1) is 17.4 Å². The topological polar surface area (TPSA) is 48.7 Å². The van der Waals surface area contributed by atoms with Crippen LogP contribution in [0.25, 0.3) is 0 Å². The molecule has 1 heterocycles. The van der Waals surface area contributed by atoms with Gasteiger partial charge in [-0.2, -0.15) is 5.26 Å². The Bertz CT molecular complexity index is 570. The maximum Gasteiger partial charge on any atom is 0.143 e. The van der Waals surface area contributed by atoms with Crippen LogP contribution in [0.1, 0.15) is 11.3 Å². The van der Waals surface area contributed by atoms with Gasteiger partial charge in [-0.05, 0) is 37.3 Å². The molecule has 2 rings (SSSR count). The first-order valence-corrected chi connectivity index (χ1v) is 5.08. The molecule has 84 valence electrons. The van der Waals surface area contributed by atoms with Crippen LogP contribution >= 0.6 is 0 Å². The molecule has 0 amide bonds. The summed E-state index contributed by atoms with van der Waals surface area (Å²) in [4.78, 5) is 4.12. The van der Waals surface area contributed by atoms with E-state index in [1.165, 1.54) is 12.1 Å². The van der Waals surface area contributed by atoms with Gasteiger partial charge in [-0.1, -0.05) is 0 Å². The molecular formula is C13H10FN3. The molecule has 17 heavy (non-hydrogen) atoms. The Labute approximate surface area is 98.5 Å². The van der Waals surface area contributed by atoms with E-state index in [1.54, 1.807) is 18.3 Å². The number of nitriles is 1. The van der Waals surface area contributed by atoms with Crippen LogP contribution in [0.4, 0.5) is 15.8 Å². The number of hydrogen-bond acceptors (Lipinski definition) is 3. The minimum Gasteiger partial charge on any atom is -0.354 e. The monoisotopic (exact) mass is 227 g/mol. The highest BCUT2D eigenvalue weighted by Crippen LogP contribution is 2.18. The van der Waals surface area contributed by atoms with Crippen molar-refractivity contribution in [3.05, 3.63) is 53.6 Å². The van der Waals surface area contributed by atoms with Crippen molar-refractivity contribution in [1.29, 1.82) is 5.26 Å². The number of halogens is 1. The second-order valence-electron chi connectivity index (χ2n) is 3.62. The first kappa shape index (κ1) is 11.1. The number of hydrogen-bond donors (Lipinski definition) is 1. The zero-order chi connectivity index (χ0) is 12.3. The van der Waals surface area contributed by atoms with Crippen molar-refractivity contribution >= 4 is 11.4 Å². The molecular weight excluding hydrogens is 217 g/mol. The number of aryl methyl sites for hydroxylation is 1. The average Bonchev–Trinajstić information content (AvgIpc) is 2.32. The fraction of sp³-hybridized carbons (Fsp3) is 0.0769. The summed E-state index contributed by atoms with van der Waals surface area (Å²) in [6, 6.07) is 9.89. The summed E-state index contributed by atoms with van der Waals surface area (Å²) in [5.74, 6) is -0.530. The molecule has 0 aliphatic rings. The molecule has 0 bridgehead atoms. The largest absolute Gasteiger partial charge is 0.354 e. The van der Waals surface area contributed by atoms with Gasteiger partial charge in [-0.3, -0.25) is 4.98 Å². The van der Waals surface area contributed by atoms with Gasteiger partial charge >= 0.3 is 0 Å². The third-order valence-corrected chi connectivity index (χ3v) is 2.29. The molecule has 2 aromatic rings. The maximum atomic E-state index is 13.3. The van der Waals surface area contributed by atoms with Crippen LogP contribution < -0.4 is 5.32 Å². The Kier molecular flexibility index (Phi) is 3.01. The van der Waals surface area contributed by atoms with Gasteiger partial charge in [0, 0.05) is 11.4 Å². The van der Waals surface area contributed by atoms with Crippen molar-refractivity contribution in [2.45, 2.75) is 6.92 Å². The number of pyridine rings is 1. The standard InChI is InChI=1S/C13H10FN3/c1-9-2-4-12(8-16-9)17-11-5-3-10(7-15)13(14)6-11/h2-6,8,17H,1H3. The molecule has 0 aliphatic carbocycles. The molecule has 1 N–H and O–H groups in total. The molecule has 1 aromatic heterocycles. The number of aromatic nitrogens is 1. The SMILES string of the molecule is Cc1ccc(Nc2ccc(C#N)c(F)c2)cn1. The first-order chi connectivity index (χ1) is 8.19. The van der Waals surface area contributed by atoms with Crippen LogP contribution in [0, 0.1) is 24.1 Å². The Morgan fingerprint density at radius 1 is 1.24 bits per heavy atom. The second-order valence-corrected chi connectivity index (χ2v) is 3.62. The van der Waals surface area contributed by atoms with Crippen molar-refractivity contribution < 1.29 is 4.39 Å². The third-order valence-electron chi connectivity index (χ3n) is 2.29. The average molecular weight is 227 g/mol. The van der Waals surface area contributed by atoms with Crippen molar-refractivity contribution in [2.24, 2.45) is 0 Å². The lowest BCUT2D eigenvalue weighted by Gasteiger charge is -2.06. The number of anilines is 2. The summed E-state index contributed by atoms with van der Waals surface area (Å²) in [5, 5.41) is 11.6. The van der Waals surface area contributed by atoms with E-state index in [0.717, 1.165) is 11.4 Å². The van der Waals surface area contributed by atoms with Gasteiger partial charge < -0.3 is 5.32 Å². The van der Waals surface area contributed by atoms with Crippen LogP contribution in [-0.4, -0.2) is 4.98 Å². The molecule has 0 saturated carbocycles. The highest BCUT2D eigenvalue weighted by atomic mass is 19.1. The van der Waals surface area contributed by atoms with Gasteiger partial charge in [0.1, 0.15) is 11.9 Å². The highest BCUT2D eigenvalue weighted by Gasteiger charge is 2.02. The van der Waals surface area contributed by atoms with E-state index in [0.29, 0.717) is 5.69 Å².